The van der Waals surface area contributed by atoms with Crippen LogP contribution in [0.3, 0.4) is 0 Å². The van der Waals surface area contributed by atoms with Gasteiger partial charge in [-0.1, -0.05) is 30.3 Å². The monoisotopic (exact) mass is 930 g/mol. The smallest absolute Gasteiger partial charge is 0.422 e. The molecule has 6 atom stereocenters. The van der Waals surface area contributed by atoms with Crippen molar-refractivity contribution < 1.29 is 69.4 Å². The lowest BCUT2D eigenvalue weighted by Gasteiger charge is -2.35. The fourth-order valence-electron chi connectivity index (χ4n) is 7.29. The summed E-state index contributed by atoms with van der Waals surface area (Å²) in [6, 6.07) is 11.8. The minimum Gasteiger partial charge on any atom is -0.458 e. The molecule has 0 spiro atoms. The Bertz CT molecular complexity index is 1830. The maximum Gasteiger partial charge on any atom is 0.422 e. The van der Waals surface area contributed by atoms with Crippen LogP contribution in [0.15, 0.2) is 42.5 Å². The van der Waals surface area contributed by atoms with E-state index in [0.29, 0.717) is 22.8 Å². The summed E-state index contributed by atoms with van der Waals surface area (Å²) >= 11 is 3.40. The topological polar surface area (TPSA) is 186 Å². The number of esters is 5. The molecule has 4 aliphatic rings. The van der Waals surface area contributed by atoms with Crippen molar-refractivity contribution in [1.29, 1.82) is 0 Å². The normalized spacial score (nSPS) is 26.6. The average molecular weight is 930 g/mol. The van der Waals surface area contributed by atoms with E-state index in [1.54, 1.807) is 45.2 Å². The van der Waals surface area contributed by atoms with Crippen LogP contribution in [0, 0.1) is 30.8 Å². The summed E-state index contributed by atoms with van der Waals surface area (Å²) < 4.78 is 85.0. The Hall–Kier alpha value is -2.98. The summed E-state index contributed by atoms with van der Waals surface area (Å²) in [5.74, 6) is -9.52. The second kappa shape index (κ2) is 13.3. The molecule has 6 rings (SSSR count). The van der Waals surface area contributed by atoms with Crippen molar-refractivity contribution in [3.05, 3.63) is 60.7 Å². The van der Waals surface area contributed by atoms with Gasteiger partial charge < -0.3 is 23.7 Å². The number of benzene rings is 2. The Labute approximate surface area is 304 Å². The van der Waals surface area contributed by atoms with E-state index in [1.165, 1.54) is 6.07 Å². The zero-order chi connectivity index (χ0) is 35.5. The highest BCUT2D eigenvalue weighted by atomic mass is 127. The largest absolute Gasteiger partial charge is 0.458 e. The van der Waals surface area contributed by atoms with Crippen LogP contribution in [-0.4, -0.2) is 66.9 Å². The molecule has 3 aliphatic carbocycles. The van der Waals surface area contributed by atoms with Gasteiger partial charge in [0.2, 0.25) is 0 Å². The van der Waals surface area contributed by atoms with Gasteiger partial charge in [0.05, 0.1) is 15.4 Å². The first-order valence-corrected chi connectivity index (χ1v) is 18.6. The third-order valence-corrected chi connectivity index (χ3v) is 11.7. The first kappa shape index (κ1) is 35.8. The van der Waals surface area contributed by atoms with Crippen LogP contribution < -0.4 is 4.74 Å². The van der Waals surface area contributed by atoms with E-state index in [9.17, 15) is 41.2 Å². The summed E-state index contributed by atoms with van der Waals surface area (Å²) in [5.41, 5.74) is -0.649. The molecule has 2 aromatic carbocycles. The lowest BCUT2D eigenvalue weighted by atomic mass is 9.78. The summed E-state index contributed by atoms with van der Waals surface area (Å²) in [6.45, 7) is -2.05. The summed E-state index contributed by atoms with van der Waals surface area (Å²) in [5, 5.41) is -4.83. The van der Waals surface area contributed by atoms with Crippen LogP contribution in [-0.2, 0) is 53.8 Å². The molecule has 18 heteroatoms. The predicted octanol–water partition coefficient (Wildman–Crippen LogP) is 4.17. The Morgan fingerprint density at radius 2 is 1.69 bits per heavy atom. The van der Waals surface area contributed by atoms with Gasteiger partial charge in [-0.25, -0.2) is 14.4 Å². The van der Waals surface area contributed by atoms with Crippen LogP contribution in [0.25, 0.3) is 0 Å². The Balaban J connectivity index is 1.18. The van der Waals surface area contributed by atoms with E-state index in [1.807, 2.05) is 30.3 Å². The molecule has 4 fully saturated rings. The Morgan fingerprint density at radius 3 is 2.35 bits per heavy atom. The molecule has 262 valence electrons. The van der Waals surface area contributed by atoms with Crippen molar-refractivity contribution in [3.8, 4) is 5.75 Å². The van der Waals surface area contributed by atoms with E-state index in [-0.39, 0.29) is 3.57 Å². The molecule has 0 radical (unpaired) electrons. The van der Waals surface area contributed by atoms with Crippen molar-refractivity contribution in [3.63, 3.8) is 0 Å². The first-order valence-electron chi connectivity index (χ1n) is 15.0. The van der Waals surface area contributed by atoms with E-state index in [4.69, 9.17) is 23.5 Å². The molecule has 1 heterocycles. The minimum absolute atomic E-state index is 0.0636. The molecule has 1 N–H and O–H groups in total. The molecule has 49 heavy (non-hydrogen) atoms. The zero-order valence-electron chi connectivity index (χ0n) is 25.0. The number of fused-ring (bicyclic) bond motifs is 1. The van der Waals surface area contributed by atoms with E-state index >= 15 is 0 Å². The first-order chi connectivity index (χ1) is 23.0. The van der Waals surface area contributed by atoms with Gasteiger partial charge >= 0.3 is 45.2 Å². The fraction of sp³-hybridized carbons (Fsp3) is 0.452. The van der Waals surface area contributed by atoms with Crippen LogP contribution in [0.5, 0.6) is 5.75 Å². The molecule has 2 aromatic rings. The fourth-order valence-corrected chi connectivity index (χ4v) is 9.45. The Morgan fingerprint density at radius 1 is 1.02 bits per heavy atom. The number of carbonyl (C=O) groups is 5. The van der Waals surface area contributed by atoms with Crippen LogP contribution in [0.2, 0.25) is 0 Å². The van der Waals surface area contributed by atoms with E-state index in [2.05, 4.69) is 4.74 Å². The average Bonchev–Trinajstić information content (AvgIpc) is 3.80. The Kier molecular flexibility index (Phi) is 9.72. The summed E-state index contributed by atoms with van der Waals surface area (Å²) in [4.78, 5) is 65.5. The molecule has 3 saturated carbocycles. The third-order valence-electron chi connectivity index (χ3n) is 9.41. The summed E-state index contributed by atoms with van der Waals surface area (Å²) in [6.07, 6.45) is 1.07. The second-order valence-corrected chi connectivity index (χ2v) is 16.2. The third kappa shape index (κ3) is 6.64. The number of alkyl halides is 2. The number of halogens is 4. The van der Waals surface area contributed by atoms with Crippen molar-refractivity contribution in [2.24, 2.45) is 23.7 Å². The molecule has 0 amide bonds. The van der Waals surface area contributed by atoms with Gasteiger partial charge in [-0.05, 0) is 95.0 Å². The molecule has 13 nitrogen and oxygen atoms in total. The SMILES string of the molecule is O=C(Oc1c(I)cc(I)cc1C(=O)OCC(F)(F)S(=O)(=O)O)C(=O)OC1C2CC3C1OC(=O)C3C2C(=O)OC1(c2ccccc2)CCCC1. The lowest BCUT2D eigenvalue weighted by molar-refractivity contribution is -0.179. The zero-order valence-corrected chi connectivity index (χ0v) is 30.1. The predicted molar refractivity (Wildman–Crippen MR) is 175 cm³/mol. The number of carbonyl (C=O) groups excluding carboxylic acids is 5. The molecular formula is C31H26F2I2O13S. The van der Waals surface area contributed by atoms with Crippen LogP contribution in [0.4, 0.5) is 8.78 Å². The van der Waals surface area contributed by atoms with Crippen molar-refractivity contribution in [1.82, 2.24) is 0 Å². The van der Waals surface area contributed by atoms with Gasteiger partial charge in [-0.3, -0.25) is 14.1 Å². The van der Waals surface area contributed by atoms with Gasteiger partial charge in [0.25, 0.3) is 0 Å². The molecule has 2 bridgehead atoms. The number of rotatable bonds is 9. The number of hydrogen-bond acceptors (Lipinski definition) is 12. The molecule has 6 unspecified atom stereocenters. The van der Waals surface area contributed by atoms with Gasteiger partial charge in [0, 0.05) is 15.4 Å². The second-order valence-electron chi connectivity index (χ2n) is 12.2. The minimum atomic E-state index is -5.91. The van der Waals surface area contributed by atoms with Gasteiger partial charge in [-0.15, -0.1) is 0 Å². The van der Waals surface area contributed by atoms with E-state index < -0.39 is 105 Å². The molecular weight excluding hydrogens is 904 g/mol. The molecule has 0 aromatic heterocycles. The highest BCUT2D eigenvalue weighted by Crippen LogP contribution is 2.59. The summed E-state index contributed by atoms with van der Waals surface area (Å²) in [7, 11) is -5.91. The van der Waals surface area contributed by atoms with Crippen LogP contribution in [0.1, 0.15) is 48.0 Å². The maximum absolute atomic E-state index is 13.8. The van der Waals surface area contributed by atoms with Gasteiger partial charge in [-0.2, -0.15) is 17.2 Å². The highest BCUT2D eigenvalue weighted by Gasteiger charge is 2.70. The van der Waals surface area contributed by atoms with Crippen molar-refractivity contribution >= 4 is 85.1 Å². The quantitative estimate of drug-likeness (QED) is 0.0945. The van der Waals surface area contributed by atoms with E-state index in [0.717, 1.165) is 24.5 Å². The molecule has 1 aliphatic heterocycles. The lowest BCUT2D eigenvalue weighted by Crippen LogP contribution is -2.46. The standard InChI is InChI=1S/C31H26F2I2O13S/c32-31(33,49(41,42)43)13-44-25(36)18-10-15(34)11-19(35)22(18)45-28(39)29(40)47-24-17-12-16-20(26(37)46-23(16)24)21(17)27(38)48-30(8-4-5-9-30)14-6-2-1-3-7-14/h1-3,6-7,10-11,16-17,20-21,23-24H,4-5,8-9,12-13H2,(H,41,42,43). The molecule has 1 saturated heterocycles. The van der Waals surface area contributed by atoms with Gasteiger partial charge in [0.1, 0.15) is 23.4 Å². The maximum atomic E-state index is 13.8. The number of ether oxygens (including phenoxy) is 5. The van der Waals surface area contributed by atoms with Crippen LogP contribution >= 0.6 is 45.2 Å². The van der Waals surface area contributed by atoms with Crippen molar-refractivity contribution in [2.45, 2.75) is 55.2 Å². The van der Waals surface area contributed by atoms with Gasteiger partial charge in [0.15, 0.2) is 12.4 Å². The van der Waals surface area contributed by atoms with Crippen molar-refractivity contribution in [2.75, 3.05) is 6.61 Å². The number of hydrogen-bond donors (Lipinski definition) is 1. The highest BCUT2D eigenvalue weighted by molar-refractivity contribution is 14.1.